The molecular formula is C14H11ClFN3O2S. The number of hydrogen-bond acceptors (Lipinski definition) is 3. The topological polar surface area (TPSA) is 67.2 Å². The van der Waals surface area contributed by atoms with Gasteiger partial charge < -0.3 is 10.6 Å². The monoisotopic (exact) mass is 339 g/mol. The number of nitrogens with zero attached hydrogens (tertiary/aromatic N) is 1. The Kier molecular flexibility index (Phi) is 5.24. The molecule has 0 unspecified atom stereocenters. The van der Waals surface area contributed by atoms with Crippen molar-refractivity contribution in [3.63, 3.8) is 0 Å². The van der Waals surface area contributed by atoms with E-state index >= 15 is 0 Å². The molecule has 0 aliphatic heterocycles. The molecule has 0 atom stereocenters. The van der Waals surface area contributed by atoms with E-state index in [9.17, 15) is 14.5 Å². The maximum absolute atomic E-state index is 13.5. The highest BCUT2D eigenvalue weighted by Gasteiger charge is 2.11. The molecule has 0 fully saturated rings. The maximum atomic E-state index is 13.5. The quantitative estimate of drug-likeness (QED) is 0.503. The van der Waals surface area contributed by atoms with Gasteiger partial charge in [-0.2, -0.15) is 0 Å². The van der Waals surface area contributed by atoms with E-state index < -0.39 is 4.92 Å². The van der Waals surface area contributed by atoms with Gasteiger partial charge in [-0.05, 0) is 24.4 Å². The molecule has 2 aromatic rings. The van der Waals surface area contributed by atoms with Gasteiger partial charge in [-0.1, -0.05) is 29.8 Å². The number of thiocarbonyl (C=S) groups is 1. The highest BCUT2D eigenvalue weighted by atomic mass is 35.5. The van der Waals surface area contributed by atoms with Crippen LogP contribution in [0.4, 0.5) is 15.8 Å². The Morgan fingerprint density at radius 3 is 2.73 bits per heavy atom. The van der Waals surface area contributed by atoms with Crippen molar-refractivity contribution in [2.24, 2.45) is 0 Å². The molecule has 114 valence electrons. The van der Waals surface area contributed by atoms with Crippen LogP contribution < -0.4 is 10.6 Å². The van der Waals surface area contributed by atoms with Gasteiger partial charge in [0.25, 0.3) is 5.69 Å². The molecule has 0 radical (unpaired) electrons. The molecule has 2 rings (SSSR count). The second-order valence-corrected chi connectivity index (χ2v) is 5.14. The van der Waals surface area contributed by atoms with Gasteiger partial charge in [0.05, 0.1) is 15.6 Å². The molecule has 0 spiro atoms. The van der Waals surface area contributed by atoms with Gasteiger partial charge in [-0.3, -0.25) is 10.1 Å². The van der Waals surface area contributed by atoms with E-state index in [4.69, 9.17) is 23.8 Å². The van der Waals surface area contributed by atoms with Crippen molar-refractivity contribution >= 4 is 40.3 Å². The summed E-state index contributed by atoms with van der Waals surface area (Å²) >= 11 is 11.0. The van der Waals surface area contributed by atoms with Gasteiger partial charge in [-0.25, -0.2) is 4.39 Å². The van der Waals surface area contributed by atoms with Crippen molar-refractivity contribution < 1.29 is 9.31 Å². The van der Waals surface area contributed by atoms with Crippen molar-refractivity contribution in [2.75, 3.05) is 5.32 Å². The minimum Gasteiger partial charge on any atom is -0.358 e. The lowest BCUT2D eigenvalue weighted by Crippen LogP contribution is -2.28. The number of benzene rings is 2. The second-order valence-electron chi connectivity index (χ2n) is 4.32. The predicted molar refractivity (Wildman–Crippen MR) is 87.6 cm³/mol. The zero-order valence-electron chi connectivity index (χ0n) is 11.2. The Labute approximate surface area is 136 Å². The summed E-state index contributed by atoms with van der Waals surface area (Å²) in [5.41, 5.74) is 0.655. The molecule has 0 amide bonds. The summed E-state index contributed by atoms with van der Waals surface area (Å²) in [4.78, 5) is 10.2. The van der Waals surface area contributed by atoms with E-state index in [2.05, 4.69) is 10.6 Å². The third-order valence-electron chi connectivity index (χ3n) is 2.81. The average Bonchev–Trinajstić information content (AvgIpc) is 2.48. The van der Waals surface area contributed by atoms with Crippen LogP contribution >= 0.6 is 23.8 Å². The van der Waals surface area contributed by atoms with Crippen LogP contribution in [0, 0.1) is 15.9 Å². The van der Waals surface area contributed by atoms with Crippen LogP contribution in [-0.4, -0.2) is 10.0 Å². The zero-order chi connectivity index (χ0) is 16.1. The maximum Gasteiger partial charge on any atom is 0.271 e. The molecule has 0 heterocycles. The molecule has 2 aromatic carbocycles. The lowest BCUT2D eigenvalue weighted by atomic mass is 10.2. The van der Waals surface area contributed by atoms with Gasteiger partial charge in [-0.15, -0.1) is 0 Å². The van der Waals surface area contributed by atoms with Crippen LogP contribution in [0.2, 0.25) is 5.02 Å². The van der Waals surface area contributed by atoms with E-state index in [1.54, 1.807) is 18.2 Å². The van der Waals surface area contributed by atoms with Crippen molar-refractivity contribution in [1.29, 1.82) is 0 Å². The third kappa shape index (κ3) is 4.12. The summed E-state index contributed by atoms with van der Waals surface area (Å²) in [5.74, 6) is -0.341. The fourth-order valence-electron chi connectivity index (χ4n) is 1.71. The largest absolute Gasteiger partial charge is 0.358 e. The van der Waals surface area contributed by atoms with Crippen molar-refractivity contribution in [1.82, 2.24) is 5.32 Å². The number of nitro benzene ring substituents is 1. The first-order valence-corrected chi connectivity index (χ1v) is 6.98. The number of nitrogens with one attached hydrogen (secondary N) is 2. The Balaban J connectivity index is 2.02. The van der Waals surface area contributed by atoms with Gasteiger partial charge in [0, 0.05) is 24.2 Å². The normalized spacial score (nSPS) is 10.1. The smallest absolute Gasteiger partial charge is 0.271 e. The molecule has 0 aliphatic rings. The molecule has 0 saturated carbocycles. The van der Waals surface area contributed by atoms with Gasteiger partial charge >= 0.3 is 0 Å². The molecule has 8 heteroatoms. The lowest BCUT2D eigenvalue weighted by Gasteiger charge is -2.12. The number of halogens is 2. The summed E-state index contributed by atoms with van der Waals surface area (Å²) in [7, 11) is 0. The molecule has 0 bridgehead atoms. The number of nitro groups is 1. The van der Waals surface area contributed by atoms with E-state index in [1.807, 2.05) is 0 Å². The van der Waals surface area contributed by atoms with Crippen molar-refractivity contribution in [3.8, 4) is 0 Å². The SMILES string of the molecule is O=[N+]([O-])c1ccc(Cl)c(NC(=S)NCc2ccccc2F)c1. The standard InChI is InChI=1S/C14H11ClFN3O2S/c15-11-6-5-10(19(20)21)7-13(11)18-14(22)17-8-9-3-1-2-4-12(9)16/h1-7H,8H2,(H2,17,18,22). The van der Waals surface area contributed by atoms with Crippen molar-refractivity contribution in [3.05, 3.63) is 69.0 Å². The van der Waals surface area contributed by atoms with Crippen LogP contribution in [0.3, 0.4) is 0 Å². The van der Waals surface area contributed by atoms with Gasteiger partial charge in [0.2, 0.25) is 0 Å². The van der Waals surface area contributed by atoms with E-state index in [0.717, 1.165) is 0 Å². The molecule has 22 heavy (non-hydrogen) atoms. The first-order chi connectivity index (χ1) is 10.5. The van der Waals surface area contributed by atoms with Crippen LogP contribution in [-0.2, 0) is 6.54 Å². The number of anilines is 1. The van der Waals surface area contributed by atoms with E-state index in [1.165, 1.54) is 24.3 Å². The zero-order valence-corrected chi connectivity index (χ0v) is 12.7. The van der Waals surface area contributed by atoms with Crippen molar-refractivity contribution in [2.45, 2.75) is 6.54 Å². The summed E-state index contributed by atoms with van der Waals surface area (Å²) < 4.78 is 13.5. The first kappa shape index (κ1) is 16.1. The Morgan fingerprint density at radius 2 is 2.05 bits per heavy atom. The molecule has 5 nitrogen and oxygen atoms in total. The van der Waals surface area contributed by atoms with Crippen LogP contribution in [0.5, 0.6) is 0 Å². The minimum absolute atomic E-state index is 0.108. The van der Waals surface area contributed by atoms with Gasteiger partial charge in [0.1, 0.15) is 5.82 Å². The van der Waals surface area contributed by atoms with E-state index in [-0.39, 0.29) is 23.2 Å². The highest BCUT2D eigenvalue weighted by Crippen LogP contribution is 2.26. The molecule has 0 aromatic heterocycles. The molecular weight excluding hydrogens is 329 g/mol. The fourth-order valence-corrected chi connectivity index (χ4v) is 2.05. The third-order valence-corrected chi connectivity index (χ3v) is 3.38. The number of hydrogen-bond donors (Lipinski definition) is 2. The first-order valence-electron chi connectivity index (χ1n) is 6.19. The summed E-state index contributed by atoms with van der Waals surface area (Å²) in [6, 6.07) is 10.3. The highest BCUT2D eigenvalue weighted by molar-refractivity contribution is 7.80. The molecule has 2 N–H and O–H groups in total. The lowest BCUT2D eigenvalue weighted by molar-refractivity contribution is -0.384. The predicted octanol–water partition coefficient (Wildman–Crippen LogP) is 3.87. The van der Waals surface area contributed by atoms with Gasteiger partial charge in [0.15, 0.2) is 5.11 Å². The molecule has 0 aliphatic carbocycles. The molecule has 0 saturated heterocycles. The second kappa shape index (κ2) is 7.15. The summed E-state index contributed by atoms with van der Waals surface area (Å²) in [5, 5.41) is 16.8. The minimum atomic E-state index is -0.530. The number of non-ortho nitro benzene ring substituents is 1. The Bertz CT molecular complexity index is 727. The fraction of sp³-hybridized carbons (Fsp3) is 0.0714. The average molecular weight is 340 g/mol. The Hall–Kier alpha value is -2.25. The summed E-state index contributed by atoms with van der Waals surface area (Å²) in [6.07, 6.45) is 0. The van der Waals surface area contributed by atoms with Crippen LogP contribution in [0.15, 0.2) is 42.5 Å². The van der Waals surface area contributed by atoms with Crippen LogP contribution in [0.25, 0.3) is 0 Å². The Morgan fingerprint density at radius 1 is 1.32 bits per heavy atom. The number of rotatable bonds is 4. The van der Waals surface area contributed by atoms with Crippen LogP contribution in [0.1, 0.15) is 5.56 Å². The van der Waals surface area contributed by atoms with E-state index in [0.29, 0.717) is 16.3 Å². The summed E-state index contributed by atoms with van der Waals surface area (Å²) in [6.45, 7) is 0.186.